The molecule has 1 aromatic heterocycles. The first-order chi connectivity index (χ1) is 11.3. The molecule has 2 aliphatic rings. The van der Waals surface area contributed by atoms with Crippen LogP contribution in [0.5, 0.6) is 0 Å². The van der Waals surface area contributed by atoms with Crippen molar-refractivity contribution >= 4 is 5.91 Å². The minimum absolute atomic E-state index is 0.203. The summed E-state index contributed by atoms with van der Waals surface area (Å²) in [6.07, 6.45) is 8.57. The fraction of sp³-hybridized carbons (Fsp3) is 0.474. The molecule has 0 unspecified atom stereocenters. The van der Waals surface area contributed by atoms with Crippen LogP contribution in [-0.4, -0.2) is 34.1 Å². The summed E-state index contributed by atoms with van der Waals surface area (Å²) in [5.74, 6) is 0.733. The Labute approximate surface area is 136 Å². The monoisotopic (exact) mass is 309 g/mol. The van der Waals surface area contributed by atoms with Crippen LogP contribution in [0.4, 0.5) is 0 Å². The first-order valence-electron chi connectivity index (χ1n) is 8.69. The number of hydrogen-bond donors (Lipinski definition) is 1. The van der Waals surface area contributed by atoms with Crippen molar-refractivity contribution in [2.45, 2.75) is 38.5 Å². The molecule has 0 radical (unpaired) electrons. The molecule has 1 saturated heterocycles. The summed E-state index contributed by atoms with van der Waals surface area (Å²) >= 11 is 0. The van der Waals surface area contributed by atoms with Crippen LogP contribution in [0.2, 0.25) is 0 Å². The van der Waals surface area contributed by atoms with E-state index in [0.29, 0.717) is 5.92 Å². The second-order valence-corrected chi connectivity index (χ2v) is 6.88. The lowest BCUT2D eigenvalue weighted by molar-refractivity contribution is 0.0672. The van der Waals surface area contributed by atoms with Gasteiger partial charge in [0.2, 0.25) is 0 Å². The molecule has 1 amide bonds. The van der Waals surface area contributed by atoms with E-state index < -0.39 is 0 Å². The van der Waals surface area contributed by atoms with Gasteiger partial charge < -0.3 is 4.90 Å². The zero-order valence-electron chi connectivity index (χ0n) is 13.4. The second-order valence-electron chi connectivity index (χ2n) is 6.88. The van der Waals surface area contributed by atoms with Gasteiger partial charge in [-0.2, -0.15) is 5.10 Å². The number of hydrogen-bond acceptors (Lipinski definition) is 2. The Morgan fingerprint density at radius 1 is 1.22 bits per heavy atom. The molecule has 2 aromatic rings. The summed E-state index contributed by atoms with van der Waals surface area (Å²) in [7, 11) is 0. The number of aromatic nitrogens is 2. The Kier molecular flexibility index (Phi) is 3.90. The maximum Gasteiger partial charge on any atom is 0.253 e. The van der Waals surface area contributed by atoms with E-state index in [2.05, 4.69) is 22.3 Å². The molecule has 1 aliphatic heterocycles. The quantitative estimate of drug-likeness (QED) is 0.947. The predicted octanol–water partition coefficient (Wildman–Crippen LogP) is 2.99. The first kappa shape index (κ1) is 14.5. The molecule has 0 spiro atoms. The van der Waals surface area contributed by atoms with Crippen LogP contribution < -0.4 is 0 Å². The SMILES string of the molecule is O=C(c1ccc2c(c1)CCC2)N1CCC[C@H](Cc2ccn[nH]2)C1. The fourth-order valence-electron chi connectivity index (χ4n) is 4.01. The van der Waals surface area contributed by atoms with Crippen molar-refractivity contribution in [3.8, 4) is 0 Å². The Bertz CT molecular complexity index is 693. The third-order valence-corrected chi connectivity index (χ3v) is 5.22. The van der Waals surface area contributed by atoms with Crippen LogP contribution in [0.25, 0.3) is 0 Å². The number of rotatable bonds is 3. The summed E-state index contributed by atoms with van der Waals surface area (Å²) < 4.78 is 0. The van der Waals surface area contributed by atoms with Crippen molar-refractivity contribution < 1.29 is 4.79 Å². The molecule has 2 heterocycles. The summed E-state index contributed by atoms with van der Waals surface area (Å²) in [6, 6.07) is 8.33. The van der Waals surface area contributed by atoms with E-state index in [0.717, 1.165) is 37.9 Å². The van der Waals surface area contributed by atoms with Crippen molar-refractivity contribution in [1.82, 2.24) is 15.1 Å². The van der Waals surface area contributed by atoms with Crippen LogP contribution in [0.3, 0.4) is 0 Å². The summed E-state index contributed by atoms with van der Waals surface area (Å²) in [6.45, 7) is 1.74. The minimum atomic E-state index is 0.203. The van der Waals surface area contributed by atoms with Crippen molar-refractivity contribution in [1.29, 1.82) is 0 Å². The molecular weight excluding hydrogens is 286 g/mol. The van der Waals surface area contributed by atoms with Crippen LogP contribution >= 0.6 is 0 Å². The van der Waals surface area contributed by atoms with Gasteiger partial charge in [-0.05, 0) is 73.8 Å². The zero-order valence-corrected chi connectivity index (χ0v) is 13.4. The maximum atomic E-state index is 12.9. The normalized spacial score (nSPS) is 20.5. The van der Waals surface area contributed by atoms with E-state index in [1.807, 2.05) is 17.0 Å². The average Bonchev–Trinajstić information content (AvgIpc) is 3.25. The summed E-state index contributed by atoms with van der Waals surface area (Å²) in [5.41, 5.74) is 4.84. The number of H-pyrrole nitrogens is 1. The zero-order chi connectivity index (χ0) is 15.6. The molecular formula is C19H23N3O. The third kappa shape index (κ3) is 3.03. The molecule has 1 atom stereocenters. The van der Waals surface area contributed by atoms with Crippen LogP contribution in [-0.2, 0) is 19.3 Å². The van der Waals surface area contributed by atoms with E-state index in [-0.39, 0.29) is 5.91 Å². The predicted molar refractivity (Wildman–Crippen MR) is 89.4 cm³/mol. The molecule has 4 rings (SSSR count). The number of amides is 1. The van der Waals surface area contributed by atoms with E-state index in [1.165, 1.54) is 36.1 Å². The highest BCUT2D eigenvalue weighted by atomic mass is 16.2. The molecule has 1 N–H and O–H groups in total. The molecule has 120 valence electrons. The maximum absolute atomic E-state index is 12.9. The Hall–Kier alpha value is -2.10. The molecule has 1 fully saturated rings. The van der Waals surface area contributed by atoms with Gasteiger partial charge in [0.15, 0.2) is 0 Å². The average molecular weight is 309 g/mol. The smallest absolute Gasteiger partial charge is 0.253 e. The Balaban J connectivity index is 1.45. The summed E-state index contributed by atoms with van der Waals surface area (Å²) in [4.78, 5) is 14.9. The number of aromatic amines is 1. The molecule has 0 bridgehead atoms. The Morgan fingerprint density at radius 3 is 3.00 bits per heavy atom. The molecule has 23 heavy (non-hydrogen) atoms. The second kappa shape index (κ2) is 6.19. The van der Waals surface area contributed by atoms with Crippen LogP contribution in [0.15, 0.2) is 30.5 Å². The summed E-state index contributed by atoms with van der Waals surface area (Å²) in [5, 5.41) is 7.05. The van der Waals surface area contributed by atoms with Crippen molar-refractivity contribution in [2.75, 3.05) is 13.1 Å². The molecule has 4 nitrogen and oxygen atoms in total. The van der Waals surface area contributed by atoms with E-state index in [1.54, 1.807) is 6.20 Å². The lowest BCUT2D eigenvalue weighted by atomic mass is 9.93. The van der Waals surface area contributed by atoms with Crippen molar-refractivity contribution in [3.05, 3.63) is 52.8 Å². The van der Waals surface area contributed by atoms with Gasteiger partial charge in [-0.25, -0.2) is 0 Å². The van der Waals surface area contributed by atoms with E-state index in [4.69, 9.17) is 0 Å². The van der Waals surface area contributed by atoms with E-state index >= 15 is 0 Å². The van der Waals surface area contributed by atoms with Gasteiger partial charge in [0.05, 0.1) is 0 Å². The van der Waals surface area contributed by atoms with Gasteiger partial charge >= 0.3 is 0 Å². The number of likely N-dealkylation sites (tertiary alicyclic amines) is 1. The van der Waals surface area contributed by atoms with Gasteiger partial charge in [-0.15, -0.1) is 0 Å². The third-order valence-electron chi connectivity index (χ3n) is 5.22. The van der Waals surface area contributed by atoms with Gasteiger partial charge in [0.1, 0.15) is 0 Å². The molecule has 1 aliphatic carbocycles. The topological polar surface area (TPSA) is 49.0 Å². The molecule has 4 heteroatoms. The van der Waals surface area contributed by atoms with Crippen LogP contribution in [0, 0.1) is 5.92 Å². The van der Waals surface area contributed by atoms with Crippen molar-refractivity contribution in [3.63, 3.8) is 0 Å². The molecule has 0 saturated carbocycles. The van der Waals surface area contributed by atoms with Crippen molar-refractivity contribution in [2.24, 2.45) is 5.92 Å². The van der Waals surface area contributed by atoms with Crippen LogP contribution in [0.1, 0.15) is 46.4 Å². The largest absolute Gasteiger partial charge is 0.338 e. The number of nitrogens with one attached hydrogen (secondary N) is 1. The highest BCUT2D eigenvalue weighted by molar-refractivity contribution is 5.94. The number of carbonyl (C=O) groups excluding carboxylic acids is 1. The number of piperidine rings is 1. The lowest BCUT2D eigenvalue weighted by Crippen LogP contribution is -2.40. The highest BCUT2D eigenvalue weighted by Crippen LogP contribution is 2.25. The number of fused-ring (bicyclic) bond motifs is 1. The van der Waals surface area contributed by atoms with Gasteiger partial charge in [-0.3, -0.25) is 9.89 Å². The number of carbonyl (C=O) groups is 1. The van der Waals surface area contributed by atoms with E-state index in [9.17, 15) is 4.79 Å². The standard InChI is InChI=1S/C19H23N3O/c23-19(17-7-6-15-4-1-5-16(15)12-17)22-10-2-3-14(13-22)11-18-8-9-20-21-18/h6-9,12,14H,1-5,10-11,13H2,(H,20,21)/t14-/m1/s1. The van der Waals surface area contributed by atoms with Gasteiger partial charge in [-0.1, -0.05) is 6.07 Å². The number of nitrogens with zero attached hydrogens (tertiary/aromatic N) is 2. The fourth-order valence-corrected chi connectivity index (χ4v) is 4.01. The van der Waals surface area contributed by atoms with Gasteiger partial charge in [0, 0.05) is 30.5 Å². The molecule has 1 aromatic carbocycles. The van der Waals surface area contributed by atoms with Gasteiger partial charge in [0.25, 0.3) is 5.91 Å². The number of aryl methyl sites for hydroxylation is 2. The first-order valence-corrected chi connectivity index (χ1v) is 8.69. The lowest BCUT2D eigenvalue weighted by Gasteiger charge is -2.32. The Morgan fingerprint density at radius 2 is 2.13 bits per heavy atom. The minimum Gasteiger partial charge on any atom is -0.338 e. The number of benzene rings is 1. The highest BCUT2D eigenvalue weighted by Gasteiger charge is 2.25.